The molecule has 1 N–H and O–H groups in total. The first kappa shape index (κ1) is 14.4. The van der Waals surface area contributed by atoms with Gasteiger partial charge in [0.25, 0.3) is 0 Å². The molecule has 0 aliphatic heterocycles. The maximum atomic E-state index is 10.6. The van der Waals surface area contributed by atoms with E-state index in [9.17, 15) is 5.11 Å². The van der Waals surface area contributed by atoms with Gasteiger partial charge in [-0.3, -0.25) is 0 Å². The number of anilines is 2. The van der Waals surface area contributed by atoms with Gasteiger partial charge in [0.1, 0.15) is 6.10 Å². The molecule has 0 atom stereocenters. The van der Waals surface area contributed by atoms with E-state index in [-0.39, 0.29) is 0 Å². The lowest BCUT2D eigenvalue weighted by atomic mass is 10.0. The molecule has 0 aliphatic rings. The van der Waals surface area contributed by atoms with Crippen molar-refractivity contribution in [2.24, 2.45) is 0 Å². The average Bonchev–Trinajstić information content (AvgIpc) is 2.46. The second kappa shape index (κ2) is 5.97. The molecule has 2 rings (SSSR count). The van der Waals surface area contributed by atoms with Crippen LogP contribution in [0.3, 0.4) is 0 Å². The van der Waals surface area contributed by atoms with E-state index in [0.717, 1.165) is 22.5 Å². The fourth-order valence-electron chi connectivity index (χ4n) is 2.14. The van der Waals surface area contributed by atoms with Gasteiger partial charge in [-0.05, 0) is 35.4 Å². The number of aliphatic hydroxyl groups excluding tert-OH is 1. The van der Waals surface area contributed by atoms with Gasteiger partial charge in [0.15, 0.2) is 0 Å². The number of aliphatic hydroxyl groups is 1. The van der Waals surface area contributed by atoms with Crippen LogP contribution in [-0.2, 0) is 0 Å². The molecule has 0 saturated heterocycles. The molecular weight excluding hydrogens is 248 g/mol. The van der Waals surface area contributed by atoms with Gasteiger partial charge < -0.3 is 14.9 Å². The first-order chi connectivity index (χ1) is 9.49. The molecule has 0 radical (unpaired) electrons. The van der Waals surface area contributed by atoms with E-state index < -0.39 is 6.10 Å². The molecule has 0 saturated carbocycles. The maximum Gasteiger partial charge on any atom is 0.104 e. The summed E-state index contributed by atoms with van der Waals surface area (Å²) in [4.78, 5) is 4.07. The third kappa shape index (κ3) is 3.11. The summed E-state index contributed by atoms with van der Waals surface area (Å²) in [5, 5.41) is 10.6. The number of hydrogen-bond acceptors (Lipinski definition) is 3. The fraction of sp³-hybridized carbons (Fsp3) is 0.294. The molecule has 0 unspecified atom stereocenters. The first-order valence-electron chi connectivity index (χ1n) is 6.71. The van der Waals surface area contributed by atoms with Crippen LogP contribution >= 0.6 is 0 Å². The Labute approximate surface area is 121 Å². The predicted molar refractivity (Wildman–Crippen MR) is 85.6 cm³/mol. The van der Waals surface area contributed by atoms with Gasteiger partial charge in [-0.1, -0.05) is 24.3 Å². The summed E-state index contributed by atoms with van der Waals surface area (Å²) in [6, 6.07) is 16.0. The molecule has 0 bridgehead atoms. The van der Waals surface area contributed by atoms with E-state index in [0.29, 0.717) is 0 Å². The van der Waals surface area contributed by atoms with E-state index in [1.54, 1.807) is 0 Å². The summed E-state index contributed by atoms with van der Waals surface area (Å²) in [5.41, 5.74) is 4.00. The number of hydrogen-bond donors (Lipinski definition) is 1. The molecule has 106 valence electrons. The van der Waals surface area contributed by atoms with Crippen molar-refractivity contribution < 1.29 is 5.11 Å². The second-order valence-corrected chi connectivity index (χ2v) is 5.38. The maximum absolute atomic E-state index is 10.6. The second-order valence-electron chi connectivity index (χ2n) is 5.38. The van der Waals surface area contributed by atoms with E-state index in [1.165, 1.54) is 0 Å². The van der Waals surface area contributed by atoms with Gasteiger partial charge in [0.05, 0.1) is 0 Å². The lowest BCUT2D eigenvalue weighted by molar-refractivity contribution is 0.220. The summed E-state index contributed by atoms with van der Waals surface area (Å²) in [6.45, 7) is 0. The SMILES string of the molecule is CN(C)c1cccc(C(O)c2cccc(N(C)C)c2)c1. The van der Waals surface area contributed by atoms with E-state index in [4.69, 9.17) is 0 Å². The minimum atomic E-state index is -0.602. The Balaban J connectivity index is 2.33. The summed E-state index contributed by atoms with van der Waals surface area (Å²) in [5.74, 6) is 0. The zero-order valence-electron chi connectivity index (χ0n) is 12.5. The fourth-order valence-corrected chi connectivity index (χ4v) is 2.14. The van der Waals surface area contributed by atoms with Crippen LogP contribution in [0, 0.1) is 0 Å². The van der Waals surface area contributed by atoms with Gasteiger partial charge in [0, 0.05) is 39.6 Å². The van der Waals surface area contributed by atoms with Gasteiger partial charge in [-0.25, -0.2) is 0 Å². The van der Waals surface area contributed by atoms with Gasteiger partial charge >= 0.3 is 0 Å². The minimum absolute atomic E-state index is 0.602. The highest BCUT2D eigenvalue weighted by Gasteiger charge is 2.12. The van der Waals surface area contributed by atoms with Crippen molar-refractivity contribution in [1.82, 2.24) is 0 Å². The van der Waals surface area contributed by atoms with Gasteiger partial charge in [0.2, 0.25) is 0 Å². The van der Waals surface area contributed by atoms with E-state index in [1.807, 2.05) is 86.5 Å². The monoisotopic (exact) mass is 270 g/mol. The van der Waals surface area contributed by atoms with Crippen molar-refractivity contribution in [3.05, 3.63) is 59.7 Å². The standard InChI is InChI=1S/C17H22N2O/c1-18(2)15-9-5-7-13(11-15)17(20)14-8-6-10-16(12-14)19(3)4/h5-12,17,20H,1-4H3. The van der Waals surface area contributed by atoms with Crippen LogP contribution < -0.4 is 9.80 Å². The van der Waals surface area contributed by atoms with E-state index in [2.05, 4.69) is 0 Å². The molecule has 2 aromatic carbocycles. The zero-order valence-corrected chi connectivity index (χ0v) is 12.5. The highest BCUT2D eigenvalue weighted by Crippen LogP contribution is 2.27. The Kier molecular flexibility index (Phi) is 4.30. The van der Waals surface area contributed by atoms with Crippen LogP contribution in [0.4, 0.5) is 11.4 Å². The molecule has 0 heterocycles. The van der Waals surface area contributed by atoms with Crippen LogP contribution in [0.25, 0.3) is 0 Å². The summed E-state index contributed by atoms with van der Waals surface area (Å²) >= 11 is 0. The Morgan fingerprint density at radius 3 is 1.50 bits per heavy atom. The quantitative estimate of drug-likeness (QED) is 0.925. The van der Waals surface area contributed by atoms with Crippen LogP contribution in [-0.4, -0.2) is 33.3 Å². The lowest BCUT2D eigenvalue weighted by Crippen LogP contribution is -2.11. The summed E-state index contributed by atoms with van der Waals surface area (Å²) in [7, 11) is 7.99. The molecule has 3 nitrogen and oxygen atoms in total. The largest absolute Gasteiger partial charge is 0.384 e. The van der Waals surface area contributed by atoms with Crippen molar-refractivity contribution in [2.75, 3.05) is 38.0 Å². The minimum Gasteiger partial charge on any atom is -0.384 e. The highest BCUT2D eigenvalue weighted by atomic mass is 16.3. The van der Waals surface area contributed by atoms with Crippen molar-refractivity contribution in [3.8, 4) is 0 Å². The van der Waals surface area contributed by atoms with Gasteiger partial charge in [-0.2, -0.15) is 0 Å². The molecule has 2 aromatic rings. The van der Waals surface area contributed by atoms with Gasteiger partial charge in [-0.15, -0.1) is 0 Å². The number of rotatable bonds is 4. The third-order valence-corrected chi connectivity index (χ3v) is 3.40. The Morgan fingerprint density at radius 1 is 0.750 bits per heavy atom. The average molecular weight is 270 g/mol. The lowest BCUT2D eigenvalue weighted by Gasteiger charge is -2.18. The zero-order chi connectivity index (χ0) is 14.7. The van der Waals surface area contributed by atoms with Crippen LogP contribution in [0.15, 0.2) is 48.5 Å². The molecular formula is C17H22N2O. The van der Waals surface area contributed by atoms with Crippen LogP contribution in [0.2, 0.25) is 0 Å². The van der Waals surface area contributed by atoms with Crippen LogP contribution in [0.1, 0.15) is 17.2 Å². The highest BCUT2D eigenvalue weighted by molar-refractivity contribution is 5.51. The van der Waals surface area contributed by atoms with Crippen LogP contribution in [0.5, 0.6) is 0 Å². The molecule has 20 heavy (non-hydrogen) atoms. The Bertz CT molecular complexity index is 527. The van der Waals surface area contributed by atoms with Crippen molar-refractivity contribution >= 4 is 11.4 Å². The molecule has 0 aliphatic carbocycles. The molecule has 0 spiro atoms. The van der Waals surface area contributed by atoms with Crippen molar-refractivity contribution in [1.29, 1.82) is 0 Å². The number of nitrogens with zero attached hydrogens (tertiary/aromatic N) is 2. The smallest absolute Gasteiger partial charge is 0.104 e. The Hall–Kier alpha value is -2.00. The topological polar surface area (TPSA) is 26.7 Å². The molecule has 0 fully saturated rings. The van der Waals surface area contributed by atoms with Crippen molar-refractivity contribution in [3.63, 3.8) is 0 Å². The molecule has 0 amide bonds. The molecule has 3 heteroatoms. The first-order valence-corrected chi connectivity index (χ1v) is 6.71. The Morgan fingerprint density at radius 2 is 1.15 bits per heavy atom. The normalized spacial score (nSPS) is 10.7. The number of benzene rings is 2. The molecule has 0 aromatic heterocycles. The van der Waals surface area contributed by atoms with Crippen molar-refractivity contribution in [2.45, 2.75) is 6.10 Å². The summed E-state index contributed by atoms with van der Waals surface area (Å²) in [6.07, 6.45) is -0.602. The van der Waals surface area contributed by atoms with E-state index >= 15 is 0 Å². The third-order valence-electron chi connectivity index (χ3n) is 3.40. The predicted octanol–water partition coefficient (Wildman–Crippen LogP) is 2.90. The summed E-state index contributed by atoms with van der Waals surface area (Å²) < 4.78 is 0.